The molecule has 1 N–H and O–H groups in total. The Hall–Kier alpha value is -1.41. The van der Waals surface area contributed by atoms with Crippen LogP contribution in [0.3, 0.4) is 0 Å². The fourth-order valence-corrected chi connectivity index (χ4v) is 2.93. The molecule has 0 unspecified atom stereocenters. The largest absolute Gasteiger partial charge is 0.332 e. The van der Waals surface area contributed by atoms with Gasteiger partial charge in [0.25, 0.3) is 5.91 Å². The van der Waals surface area contributed by atoms with E-state index in [2.05, 4.69) is 32.3 Å². The number of nitrogens with one attached hydrogen (secondary N) is 1. The molecule has 0 aromatic carbocycles. The van der Waals surface area contributed by atoms with Gasteiger partial charge in [-0.3, -0.25) is 4.79 Å². The Bertz CT molecular complexity index is 516. The number of pyridine rings is 1. The van der Waals surface area contributed by atoms with Crippen molar-refractivity contribution in [3.63, 3.8) is 0 Å². The second-order valence-electron chi connectivity index (χ2n) is 5.26. The van der Waals surface area contributed by atoms with Gasteiger partial charge in [-0.2, -0.15) is 5.26 Å². The Morgan fingerprint density at radius 1 is 1.25 bits per heavy atom. The van der Waals surface area contributed by atoms with Crippen LogP contribution in [0.4, 0.5) is 0 Å². The van der Waals surface area contributed by atoms with E-state index in [9.17, 15) is 10.1 Å². The molecule has 1 aromatic rings. The molecule has 1 saturated carbocycles. The van der Waals surface area contributed by atoms with Crippen molar-refractivity contribution in [1.29, 1.82) is 5.26 Å². The van der Waals surface area contributed by atoms with E-state index >= 15 is 0 Å². The summed E-state index contributed by atoms with van der Waals surface area (Å²) in [4.78, 5) is 16.4. The summed E-state index contributed by atoms with van der Waals surface area (Å²) in [5.74, 6) is -0.270. The second-order valence-corrected chi connectivity index (χ2v) is 6.07. The molecule has 2 rings (SSSR count). The van der Waals surface area contributed by atoms with Gasteiger partial charge >= 0.3 is 0 Å². The predicted molar refractivity (Wildman–Crippen MR) is 80.1 cm³/mol. The summed E-state index contributed by atoms with van der Waals surface area (Å²) in [5.41, 5.74) is -0.391. The third-order valence-electron chi connectivity index (χ3n) is 3.72. The molecule has 1 aliphatic rings. The Kier molecular flexibility index (Phi) is 5.13. The maximum absolute atomic E-state index is 12.3. The normalized spacial score (nSPS) is 18.4. The fraction of sp³-hybridized carbons (Fsp3) is 0.533. The van der Waals surface area contributed by atoms with Crippen LogP contribution in [0.2, 0.25) is 0 Å². The van der Waals surface area contributed by atoms with Crippen molar-refractivity contribution in [1.82, 2.24) is 10.3 Å². The zero-order valence-electron chi connectivity index (χ0n) is 11.4. The molecule has 0 bridgehead atoms. The monoisotopic (exact) mass is 335 g/mol. The highest BCUT2D eigenvalue weighted by atomic mass is 79.9. The van der Waals surface area contributed by atoms with Crippen LogP contribution in [0.15, 0.2) is 22.8 Å². The SMILES string of the molecule is N#CC1(NC(=O)c2cccc(Br)n2)CCCCCCC1. The van der Waals surface area contributed by atoms with Crippen LogP contribution >= 0.6 is 15.9 Å². The fourth-order valence-electron chi connectivity index (χ4n) is 2.59. The van der Waals surface area contributed by atoms with E-state index in [0.717, 1.165) is 38.5 Å². The van der Waals surface area contributed by atoms with Gasteiger partial charge in [-0.05, 0) is 40.9 Å². The third-order valence-corrected chi connectivity index (χ3v) is 4.16. The minimum Gasteiger partial charge on any atom is -0.332 e. The third kappa shape index (κ3) is 3.80. The zero-order chi connectivity index (χ0) is 14.4. The van der Waals surface area contributed by atoms with Gasteiger partial charge in [0.1, 0.15) is 15.8 Å². The number of halogens is 1. The maximum Gasteiger partial charge on any atom is 0.271 e. The standard InChI is InChI=1S/C15H18BrN3O/c16-13-8-6-7-12(18-13)14(20)19-15(11-17)9-4-2-1-3-5-10-15/h6-8H,1-5,9-10H2,(H,19,20). The van der Waals surface area contributed by atoms with Crippen molar-refractivity contribution in [2.24, 2.45) is 0 Å². The molecular formula is C15H18BrN3O. The van der Waals surface area contributed by atoms with E-state index in [0.29, 0.717) is 10.3 Å². The molecule has 0 saturated heterocycles. The summed E-state index contributed by atoms with van der Waals surface area (Å²) in [5, 5.41) is 12.4. The highest BCUT2D eigenvalue weighted by molar-refractivity contribution is 9.10. The number of carbonyl (C=O) groups excluding carboxylic acids is 1. The van der Waals surface area contributed by atoms with Gasteiger partial charge in [-0.15, -0.1) is 0 Å². The smallest absolute Gasteiger partial charge is 0.271 e. The topological polar surface area (TPSA) is 65.8 Å². The second kappa shape index (κ2) is 6.85. The van der Waals surface area contributed by atoms with Crippen molar-refractivity contribution in [3.05, 3.63) is 28.5 Å². The Labute approximate surface area is 127 Å². The quantitative estimate of drug-likeness (QED) is 0.840. The Morgan fingerprint density at radius 3 is 2.50 bits per heavy atom. The van der Waals surface area contributed by atoms with Crippen molar-refractivity contribution in [2.75, 3.05) is 0 Å². The van der Waals surface area contributed by atoms with E-state index in [1.807, 2.05) is 0 Å². The number of rotatable bonds is 2. The van der Waals surface area contributed by atoms with Gasteiger partial charge in [0.2, 0.25) is 0 Å². The summed E-state index contributed by atoms with van der Waals surface area (Å²) < 4.78 is 0.619. The predicted octanol–water partition coefficient (Wildman–Crippen LogP) is 3.58. The summed E-state index contributed by atoms with van der Waals surface area (Å²) in [6, 6.07) is 7.53. The first-order valence-corrected chi connectivity index (χ1v) is 7.81. The molecule has 0 spiro atoms. The molecular weight excluding hydrogens is 318 g/mol. The van der Waals surface area contributed by atoms with Gasteiger partial charge in [-0.25, -0.2) is 4.98 Å². The lowest BCUT2D eigenvalue weighted by Gasteiger charge is -2.29. The molecule has 0 atom stereocenters. The highest BCUT2D eigenvalue weighted by Gasteiger charge is 2.32. The van der Waals surface area contributed by atoms with Gasteiger partial charge in [0, 0.05) is 0 Å². The van der Waals surface area contributed by atoms with Crippen LogP contribution in [-0.2, 0) is 0 Å². The summed E-state index contributed by atoms with van der Waals surface area (Å²) in [6.07, 6.45) is 6.91. The van der Waals surface area contributed by atoms with Crippen LogP contribution in [0.1, 0.15) is 55.4 Å². The summed E-state index contributed by atoms with van der Waals surface area (Å²) >= 11 is 3.25. The molecule has 106 valence electrons. The van der Waals surface area contributed by atoms with E-state index in [-0.39, 0.29) is 5.91 Å². The lowest BCUT2D eigenvalue weighted by molar-refractivity contribution is 0.0902. The average Bonchev–Trinajstić information content (AvgIpc) is 2.42. The molecule has 1 amide bonds. The van der Waals surface area contributed by atoms with Crippen LogP contribution in [-0.4, -0.2) is 16.4 Å². The van der Waals surface area contributed by atoms with E-state index in [1.54, 1.807) is 18.2 Å². The van der Waals surface area contributed by atoms with Crippen molar-refractivity contribution >= 4 is 21.8 Å². The van der Waals surface area contributed by atoms with Gasteiger partial charge in [0.05, 0.1) is 6.07 Å². The van der Waals surface area contributed by atoms with Gasteiger partial charge in [-0.1, -0.05) is 38.2 Å². The van der Waals surface area contributed by atoms with E-state index < -0.39 is 5.54 Å². The molecule has 0 radical (unpaired) electrons. The number of hydrogen-bond acceptors (Lipinski definition) is 3. The molecule has 1 fully saturated rings. The summed E-state index contributed by atoms with van der Waals surface area (Å²) in [6.45, 7) is 0. The molecule has 1 aliphatic carbocycles. The average molecular weight is 336 g/mol. The van der Waals surface area contributed by atoms with Gasteiger partial charge in [0.15, 0.2) is 0 Å². The first-order valence-electron chi connectivity index (χ1n) is 7.02. The maximum atomic E-state index is 12.3. The zero-order valence-corrected chi connectivity index (χ0v) is 12.9. The Balaban J connectivity index is 2.12. The lowest BCUT2D eigenvalue weighted by atomic mass is 9.85. The molecule has 20 heavy (non-hydrogen) atoms. The van der Waals surface area contributed by atoms with Gasteiger partial charge < -0.3 is 5.32 Å². The van der Waals surface area contributed by atoms with Crippen LogP contribution in [0.25, 0.3) is 0 Å². The number of nitriles is 1. The van der Waals surface area contributed by atoms with Crippen LogP contribution in [0.5, 0.6) is 0 Å². The minimum atomic E-state index is -0.735. The number of hydrogen-bond donors (Lipinski definition) is 1. The highest BCUT2D eigenvalue weighted by Crippen LogP contribution is 2.26. The molecule has 1 heterocycles. The van der Waals surface area contributed by atoms with Crippen LogP contribution in [0, 0.1) is 11.3 Å². The van der Waals surface area contributed by atoms with E-state index in [1.165, 1.54) is 6.42 Å². The van der Waals surface area contributed by atoms with Crippen molar-refractivity contribution in [3.8, 4) is 6.07 Å². The Morgan fingerprint density at radius 2 is 1.90 bits per heavy atom. The van der Waals surface area contributed by atoms with Crippen LogP contribution < -0.4 is 5.32 Å². The van der Waals surface area contributed by atoms with Crippen molar-refractivity contribution in [2.45, 2.75) is 50.5 Å². The molecule has 5 heteroatoms. The van der Waals surface area contributed by atoms with Crippen molar-refractivity contribution < 1.29 is 4.79 Å². The summed E-state index contributed by atoms with van der Waals surface area (Å²) in [7, 11) is 0. The first-order chi connectivity index (χ1) is 9.65. The van der Waals surface area contributed by atoms with E-state index in [4.69, 9.17) is 0 Å². The number of aromatic nitrogens is 1. The number of amides is 1. The molecule has 1 aromatic heterocycles. The number of nitrogens with zero attached hydrogens (tertiary/aromatic N) is 2. The molecule has 0 aliphatic heterocycles. The lowest BCUT2D eigenvalue weighted by Crippen LogP contribution is -2.48. The molecule has 4 nitrogen and oxygen atoms in total. The number of carbonyl (C=O) groups is 1. The first kappa shape index (κ1) is 15.0. The minimum absolute atomic E-state index is 0.270.